The summed E-state index contributed by atoms with van der Waals surface area (Å²) in [6.07, 6.45) is 0. The van der Waals surface area contributed by atoms with E-state index in [0.29, 0.717) is 0 Å². The second kappa shape index (κ2) is 7.01. The van der Waals surface area contributed by atoms with Crippen LogP contribution in [0.5, 0.6) is 0 Å². The minimum Gasteiger partial charge on any atom is -0.791 e. The quantitative estimate of drug-likeness (QED) is 0.635. The molecule has 0 bridgehead atoms. The predicted octanol–water partition coefficient (Wildman–Crippen LogP) is -0.405. The Morgan fingerprint density at radius 2 is 1.91 bits per heavy atom. The Bertz CT molecular complexity index is 124. The van der Waals surface area contributed by atoms with Gasteiger partial charge in [-0.05, 0) is 6.54 Å². The van der Waals surface area contributed by atoms with Gasteiger partial charge in [0.2, 0.25) is 0 Å². The van der Waals surface area contributed by atoms with Gasteiger partial charge in [0.15, 0.2) is 0 Å². The molecule has 1 saturated heterocycles. The van der Waals surface area contributed by atoms with E-state index >= 15 is 0 Å². The molecule has 0 aromatic rings. The molecule has 11 heavy (non-hydrogen) atoms. The van der Waals surface area contributed by atoms with Crippen molar-refractivity contribution >= 4 is 23.4 Å². The van der Waals surface area contributed by atoms with E-state index < -0.39 is 10.8 Å². The molecule has 1 aliphatic heterocycles. The molecule has 1 radical (unpaired) electrons. The molecule has 0 unspecified atom stereocenters. The van der Waals surface area contributed by atoms with Gasteiger partial charge < -0.3 is 17.5 Å². The van der Waals surface area contributed by atoms with E-state index in [9.17, 15) is 4.21 Å². The largest absolute Gasteiger partial charge is 0.791 e. The van der Waals surface area contributed by atoms with Crippen molar-refractivity contribution in [3.8, 4) is 0 Å². The molecule has 0 amide bonds. The standard InChI is InChI=1S/C6H13NOS2.Y/c8-10-5-2-7(1-4-9)3-6-10;/h9H,1-6H2;/p-1. The summed E-state index contributed by atoms with van der Waals surface area (Å²) < 4.78 is 10.9. The smallest absolute Gasteiger partial charge is 0.0363 e. The van der Waals surface area contributed by atoms with Crippen molar-refractivity contribution in [2.75, 3.05) is 36.9 Å². The summed E-state index contributed by atoms with van der Waals surface area (Å²) in [5.74, 6) is 2.48. The molecule has 0 aromatic heterocycles. The number of rotatable bonds is 2. The van der Waals surface area contributed by atoms with Gasteiger partial charge in [0.25, 0.3) is 0 Å². The minimum atomic E-state index is -0.540. The van der Waals surface area contributed by atoms with Crippen molar-refractivity contribution in [2.24, 2.45) is 0 Å². The Hall–Kier alpha value is 1.56. The van der Waals surface area contributed by atoms with Crippen molar-refractivity contribution in [3.05, 3.63) is 0 Å². The van der Waals surface area contributed by atoms with Crippen LogP contribution in [0.2, 0.25) is 0 Å². The monoisotopic (exact) mass is 267 g/mol. The number of hydrogen-bond donors (Lipinski definition) is 0. The Kier molecular flexibility index (Phi) is 8.01. The molecule has 63 valence electrons. The minimum absolute atomic E-state index is 0. The molecule has 1 rings (SSSR count). The van der Waals surface area contributed by atoms with Gasteiger partial charge in [-0.1, -0.05) is 0 Å². The maximum atomic E-state index is 10.9. The van der Waals surface area contributed by atoms with Crippen LogP contribution in [0.4, 0.5) is 0 Å². The SMILES string of the molecule is O=S1CCN(CC[S-])CC1.[Y]. The molecule has 0 saturated carbocycles. The van der Waals surface area contributed by atoms with Gasteiger partial charge in [-0.15, -0.1) is 0 Å². The van der Waals surface area contributed by atoms with Gasteiger partial charge >= 0.3 is 0 Å². The molecule has 1 aliphatic rings. The second-order valence-electron chi connectivity index (χ2n) is 2.39. The molecule has 0 N–H and O–H groups in total. The Morgan fingerprint density at radius 1 is 1.36 bits per heavy atom. The van der Waals surface area contributed by atoms with E-state index in [1.807, 2.05) is 0 Å². The summed E-state index contributed by atoms with van der Waals surface area (Å²) in [6.45, 7) is 2.94. The van der Waals surface area contributed by atoms with Crippen LogP contribution in [0, 0.1) is 0 Å². The third-order valence-corrected chi connectivity index (χ3v) is 3.14. The third kappa shape index (κ3) is 4.99. The topological polar surface area (TPSA) is 20.3 Å². The normalized spacial score (nSPS) is 21.2. The van der Waals surface area contributed by atoms with Crippen LogP contribution in [0.1, 0.15) is 0 Å². The zero-order valence-electron chi connectivity index (χ0n) is 6.49. The average molecular weight is 267 g/mol. The van der Waals surface area contributed by atoms with E-state index in [1.165, 1.54) is 0 Å². The van der Waals surface area contributed by atoms with Gasteiger partial charge in [-0.25, -0.2) is 0 Å². The third-order valence-electron chi connectivity index (χ3n) is 1.68. The molecule has 0 aromatic carbocycles. The Labute approximate surface area is 101 Å². The van der Waals surface area contributed by atoms with Crippen LogP contribution in [-0.4, -0.2) is 46.0 Å². The maximum absolute atomic E-state index is 10.9. The van der Waals surface area contributed by atoms with Gasteiger partial charge in [0.05, 0.1) is 0 Å². The molecular weight excluding hydrogens is 255 g/mol. The first-order chi connectivity index (χ1) is 4.83. The zero-order valence-corrected chi connectivity index (χ0v) is 11.0. The second-order valence-corrected chi connectivity index (χ2v) is 4.50. The molecule has 0 atom stereocenters. The van der Waals surface area contributed by atoms with Gasteiger partial charge in [-0.2, -0.15) is 5.75 Å². The van der Waals surface area contributed by atoms with Gasteiger partial charge in [0.1, 0.15) is 0 Å². The first-order valence-corrected chi connectivity index (χ1v) is 5.55. The molecule has 0 spiro atoms. The molecule has 1 heterocycles. The van der Waals surface area contributed by atoms with Crippen molar-refractivity contribution < 1.29 is 36.9 Å². The number of hydrogen-bond acceptors (Lipinski definition) is 3. The van der Waals surface area contributed by atoms with E-state index in [2.05, 4.69) is 4.90 Å². The Morgan fingerprint density at radius 3 is 2.36 bits per heavy atom. The molecule has 5 heteroatoms. The molecule has 2 nitrogen and oxygen atoms in total. The summed E-state index contributed by atoms with van der Waals surface area (Å²) >= 11 is 4.84. The fraction of sp³-hybridized carbons (Fsp3) is 1.00. The predicted molar refractivity (Wildman–Crippen MR) is 46.5 cm³/mol. The van der Waals surface area contributed by atoms with Crippen LogP contribution >= 0.6 is 0 Å². The first-order valence-electron chi connectivity index (χ1n) is 3.48. The van der Waals surface area contributed by atoms with E-state index in [0.717, 1.165) is 36.9 Å². The van der Waals surface area contributed by atoms with Gasteiger partial charge in [-0.3, -0.25) is 4.21 Å². The summed E-state index contributed by atoms with van der Waals surface area (Å²) in [5, 5.41) is 0. The average Bonchev–Trinajstić information content (AvgIpc) is 1.95. The van der Waals surface area contributed by atoms with Crippen LogP contribution in [-0.2, 0) is 56.1 Å². The van der Waals surface area contributed by atoms with Crippen molar-refractivity contribution in [1.82, 2.24) is 4.90 Å². The number of nitrogens with zero attached hydrogens (tertiary/aromatic N) is 1. The Balaban J connectivity index is 0.000001000. The fourth-order valence-electron chi connectivity index (χ4n) is 1.03. The maximum Gasteiger partial charge on any atom is 0.0363 e. The van der Waals surface area contributed by atoms with Crippen LogP contribution in [0.15, 0.2) is 0 Å². The molecule has 0 aliphatic carbocycles. The van der Waals surface area contributed by atoms with Crippen LogP contribution in [0.3, 0.4) is 0 Å². The van der Waals surface area contributed by atoms with E-state index in [-0.39, 0.29) is 32.7 Å². The van der Waals surface area contributed by atoms with Crippen molar-refractivity contribution in [2.45, 2.75) is 0 Å². The summed E-state index contributed by atoms with van der Waals surface area (Å²) in [7, 11) is -0.540. The van der Waals surface area contributed by atoms with Crippen LogP contribution in [0.25, 0.3) is 0 Å². The van der Waals surface area contributed by atoms with Crippen LogP contribution < -0.4 is 0 Å². The fourth-order valence-corrected chi connectivity index (χ4v) is 2.41. The summed E-state index contributed by atoms with van der Waals surface area (Å²) in [5.41, 5.74) is 0. The molecular formula is C6H12NOS2Y-. The first kappa shape index (κ1) is 12.6. The van der Waals surface area contributed by atoms with Crippen molar-refractivity contribution in [1.29, 1.82) is 0 Å². The zero-order chi connectivity index (χ0) is 7.40. The van der Waals surface area contributed by atoms with Gasteiger partial charge in [0, 0.05) is 68.1 Å². The summed E-state index contributed by atoms with van der Waals surface area (Å²) in [4.78, 5) is 2.29. The van der Waals surface area contributed by atoms with E-state index in [4.69, 9.17) is 12.6 Å². The van der Waals surface area contributed by atoms with E-state index in [1.54, 1.807) is 0 Å². The summed E-state index contributed by atoms with van der Waals surface area (Å²) in [6, 6.07) is 0. The molecule has 1 fully saturated rings. The van der Waals surface area contributed by atoms with Crippen molar-refractivity contribution in [3.63, 3.8) is 0 Å².